The van der Waals surface area contributed by atoms with Crippen molar-refractivity contribution in [3.63, 3.8) is 0 Å². The lowest BCUT2D eigenvalue weighted by molar-refractivity contribution is -0.122. The highest BCUT2D eigenvalue weighted by Gasteiger charge is 2.20. The van der Waals surface area contributed by atoms with Crippen molar-refractivity contribution in [3.8, 4) is 0 Å². The molecule has 0 aromatic heterocycles. The van der Waals surface area contributed by atoms with Gasteiger partial charge in [0.15, 0.2) is 0 Å². The molecule has 2 aliphatic heterocycles. The summed E-state index contributed by atoms with van der Waals surface area (Å²) in [6, 6.07) is 0.431. The Balaban J connectivity index is 1.57. The molecule has 0 aromatic rings. The molecular formula is C13H24N2O3. The fourth-order valence-corrected chi connectivity index (χ4v) is 2.45. The molecule has 0 saturated carbocycles. The number of hydrogen-bond acceptors (Lipinski definition) is 4. The van der Waals surface area contributed by atoms with E-state index in [4.69, 9.17) is 9.47 Å². The van der Waals surface area contributed by atoms with Crippen molar-refractivity contribution in [1.29, 1.82) is 0 Å². The Kier molecular flexibility index (Phi) is 5.41. The molecular weight excluding hydrogens is 232 g/mol. The molecule has 0 bridgehead atoms. The zero-order valence-corrected chi connectivity index (χ0v) is 11.1. The summed E-state index contributed by atoms with van der Waals surface area (Å²) in [5, 5.41) is 6.31. The molecule has 0 aliphatic carbocycles. The quantitative estimate of drug-likeness (QED) is 0.724. The molecule has 2 N–H and O–H groups in total. The summed E-state index contributed by atoms with van der Waals surface area (Å²) < 4.78 is 10.9. The van der Waals surface area contributed by atoms with E-state index in [0.29, 0.717) is 25.7 Å². The third kappa shape index (κ3) is 4.55. The Labute approximate surface area is 109 Å². The maximum absolute atomic E-state index is 11.8. The highest BCUT2D eigenvalue weighted by atomic mass is 16.5. The molecule has 0 radical (unpaired) electrons. The summed E-state index contributed by atoms with van der Waals surface area (Å²) in [6.45, 7) is 5.07. The van der Waals surface area contributed by atoms with E-state index in [-0.39, 0.29) is 18.1 Å². The van der Waals surface area contributed by atoms with Crippen molar-refractivity contribution in [2.45, 2.75) is 50.8 Å². The summed E-state index contributed by atoms with van der Waals surface area (Å²) in [5.74, 6) is 0.119. The van der Waals surface area contributed by atoms with E-state index in [2.05, 4.69) is 10.6 Å². The Morgan fingerprint density at radius 3 is 3.11 bits per heavy atom. The fourth-order valence-electron chi connectivity index (χ4n) is 2.45. The lowest BCUT2D eigenvalue weighted by Gasteiger charge is -2.18. The summed E-state index contributed by atoms with van der Waals surface area (Å²) in [4.78, 5) is 11.8. The van der Waals surface area contributed by atoms with Crippen LogP contribution in [-0.2, 0) is 14.3 Å². The maximum Gasteiger partial charge on any atom is 0.221 e. The minimum atomic E-state index is 0.0690. The second kappa shape index (κ2) is 7.07. The Bertz CT molecular complexity index is 261. The Hall–Kier alpha value is -0.650. The van der Waals surface area contributed by atoms with Crippen LogP contribution >= 0.6 is 0 Å². The summed E-state index contributed by atoms with van der Waals surface area (Å²) >= 11 is 0. The molecule has 104 valence electrons. The standard InChI is InChI=1S/C13H24N2O3/c1-10(8-18-12-4-6-17-9-12)15-13(16)7-11-3-2-5-14-11/h10-12,14H,2-9H2,1H3,(H,15,16). The van der Waals surface area contributed by atoms with Crippen molar-refractivity contribution < 1.29 is 14.3 Å². The van der Waals surface area contributed by atoms with Gasteiger partial charge in [0.1, 0.15) is 0 Å². The second-order valence-electron chi connectivity index (χ2n) is 5.28. The van der Waals surface area contributed by atoms with E-state index in [9.17, 15) is 4.79 Å². The number of carbonyl (C=O) groups is 1. The normalized spacial score (nSPS) is 29.4. The highest BCUT2D eigenvalue weighted by Crippen LogP contribution is 2.10. The van der Waals surface area contributed by atoms with Gasteiger partial charge < -0.3 is 20.1 Å². The largest absolute Gasteiger partial charge is 0.379 e. The van der Waals surface area contributed by atoms with Gasteiger partial charge in [-0.2, -0.15) is 0 Å². The van der Waals surface area contributed by atoms with E-state index in [0.717, 1.165) is 26.0 Å². The Morgan fingerprint density at radius 2 is 2.44 bits per heavy atom. The van der Waals surface area contributed by atoms with Crippen LogP contribution in [0.2, 0.25) is 0 Å². The van der Waals surface area contributed by atoms with Crippen molar-refractivity contribution >= 4 is 5.91 Å². The van der Waals surface area contributed by atoms with Gasteiger partial charge in [-0.3, -0.25) is 4.79 Å². The summed E-state index contributed by atoms with van der Waals surface area (Å²) in [7, 11) is 0. The number of ether oxygens (including phenoxy) is 2. The van der Waals surface area contributed by atoms with Gasteiger partial charge in [-0.25, -0.2) is 0 Å². The fraction of sp³-hybridized carbons (Fsp3) is 0.923. The van der Waals surface area contributed by atoms with E-state index in [1.807, 2.05) is 6.92 Å². The third-order valence-electron chi connectivity index (χ3n) is 3.47. The topological polar surface area (TPSA) is 59.6 Å². The molecule has 5 nitrogen and oxygen atoms in total. The molecule has 2 rings (SSSR count). The predicted molar refractivity (Wildman–Crippen MR) is 68.4 cm³/mol. The van der Waals surface area contributed by atoms with Crippen LogP contribution in [0.5, 0.6) is 0 Å². The van der Waals surface area contributed by atoms with Gasteiger partial charge in [0.2, 0.25) is 5.91 Å². The van der Waals surface area contributed by atoms with Crippen LogP contribution in [0.4, 0.5) is 0 Å². The molecule has 0 spiro atoms. The molecule has 1 amide bonds. The minimum absolute atomic E-state index is 0.0690. The van der Waals surface area contributed by atoms with Crippen molar-refractivity contribution in [3.05, 3.63) is 0 Å². The van der Waals surface area contributed by atoms with Crippen molar-refractivity contribution in [2.24, 2.45) is 0 Å². The molecule has 3 unspecified atom stereocenters. The van der Waals surface area contributed by atoms with Crippen molar-refractivity contribution in [1.82, 2.24) is 10.6 Å². The first-order valence-corrected chi connectivity index (χ1v) is 6.96. The number of amides is 1. The highest BCUT2D eigenvalue weighted by molar-refractivity contribution is 5.76. The molecule has 2 aliphatic rings. The van der Waals surface area contributed by atoms with E-state index in [1.54, 1.807) is 0 Å². The summed E-state index contributed by atoms with van der Waals surface area (Å²) in [5.41, 5.74) is 0. The monoisotopic (exact) mass is 256 g/mol. The van der Waals surface area contributed by atoms with E-state index < -0.39 is 0 Å². The van der Waals surface area contributed by atoms with E-state index >= 15 is 0 Å². The molecule has 2 fully saturated rings. The maximum atomic E-state index is 11.8. The molecule has 2 saturated heterocycles. The molecule has 5 heteroatoms. The summed E-state index contributed by atoms with van der Waals surface area (Å²) in [6.07, 6.45) is 4.04. The lowest BCUT2D eigenvalue weighted by Crippen LogP contribution is -2.39. The van der Waals surface area contributed by atoms with Crippen LogP contribution in [0, 0.1) is 0 Å². The zero-order valence-electron chi connectivity index (χ0n) is 11.1. The first-order valence-electron chi connectivity index (χ1n) is 6.96. The number of rotatable bonds is 6. The number of hydrogen-bond donors (Lipinski definition) is 2. The molecule has 0 aromatic carbocycles. The van der Waals surface area contributed by atoms with Crippen LogP contribution in [0.3, 0.4) is 0 Å². The zero-order chi connectivity index (χ0) is 12.8. The van der Waals surface area contributed by atoms with E-state index in [1.165, 1.54) is 6.42 Å². The van der Waals surface area contributed by atoms with Gasteiger partial charge in [0.05, 0.1) is 19.3 Å². The van der Waals surface area contributed by atoms with Crippen LogP contribution in [0.25, 0.3) is 0 Å². The number of nitrogens with one attached hydrogen (secondary N) is 2. The molecule has 2 heterocycles. The minimum Gasteiger partial charge on any atom is -0.379 e. The van der Waals surface area contributed by atoms with Gasteiger partial charge in [-0.15, -0.1) is 0 Å². The second-order valence-corrected chi connectivity index (χ2v) is 5.28. The van der Waals surface area contributed by atoms with Crippen molar-refractivity contribution in [2.75, 3.05) is 26.4 Å². The first-order chi connectivity index (χ1) is 8.74. The smallest absolute Gasteiger partial charge is 0.221 e. The van der Waals surface area contributed by atoms with Crippen LogP contribution in [-0.4, -0.2) is 50.5 Å². The van der Waals surface area contributed by atoms with Gasteiger partial charge in [-0.05, 0) is 32.7 Å². The first kappa shape index (κ1) is 13.8. The van der Waals surface area contributed by atoms with Gasteiger partial charge >= 0.3 is 0 Å². The molecule has 18 heavy (non-hydrogen) atoms. The Morgan fingerprint density at radius 1 is 1.56 bits per heavy atom. The lowest BCUT2D eigenvalue weighted by atomic mass is 10.1. The third-order valence-corrected chi connectivity index (χ3v) is 3.47. The number of carbonyl (C=O) groups excluding carboxylic acids is 1. The average molecular weight is 256 g/mol. The van der Waals surface area contributed by atoms with Crippen LogP contribution < -0.4 is 10.6 Å². The van der Waals surface area contributed by atoms with Crippen LogP contribution in [0.15, 0.2) is 0 Å². The average Bonchev–Trinajstić information content (AvgIpc) is 2.98. The van der Waals surface area contributed by atoms with Gasteiger partial charge in [0.25, 0.3) is 0 Å². The van der Waals surface area contributed by atoms with Gasteiger partial charge in [-0.1, -0.05) is 0 Å². The van der Waals surface area contributed by atoms with Crippen LogP contribution in [0.1, 0.15) is 32.6 Å². The van der Waals surface area contributed by atoms with Gasteiger partial charge in [0, 0.05) is 25.1 Å². The predicted octanol–water partition coefficient (Wildman–Crippen LogP) is 0.439. The molecule has 3 atom stereocenters. The SMILES string of the molecule is CC(COC1CCOC1)NC(=O)CC1CCCN1.